The Labute approximate surface area is 277 Å². The lowest BCUT2D eigenvalue weighted by Crippen LogP contribution is -2.53. The summed E-state index contributed by atoms with van der Waals surface area (Å²) in [6, 6.07) is 17.1. The van der Waals surface area contributed by atoms with Crippen molar-refractivity contribution in [3.8, 4) is 23.0 Å². The van der Waals surface area contributed by atoms with Gasteiger partial charge in [-0.1, -0.05) is 31.4 Å². The van der Waals surface area contributed by atoms with Crippen LogP contribution in [-0.2, 0) is 26.2 Å². The Morgan fingerprint density at radius 3 is 2.21 bits per heavy atom. The molecule has 2 amide bonds. The summed E-state index contributed by atoms with van der Waals surface area (Å²) in [6.45, 7) is 3.44. The number of amides is 2. The number of sulfonamides is 1. The summed E-state index contributed by atoms with van der Waals surface area (Å²) in [5.74, 6) is 0.886. The molecule has 3 aromatic carbocycles. The monoisotopic (exact) mass is 667 g/mol. The Morgan fingerprint density at radius 1 is 0.872 bits per heavy atom. The van der Waals surface area contributed by atoms with E-state index in [-0.39, 0.29) is 34.8 Å². The first-order chi connectivity index (χ1) is 22.6. The Balaban J connectivity index is 1.72. The number of benzene rings is 3. The van der Waals surface area contributed by atoms with Gasteiger partial charge in [0.2, 0.25) is 11.8 Å². The van der Waals surface area contributed by atoms with Gasteiger partial charge in [-0.25, -0.2) is 8.42 Å². The lowest BCUT2D eigenvalue weighted by atomic mass is 9.95. The van der Waals surface area contributed by atoms with Gasteiger partial charge in [-0.15, -0.1) is 0 Å². The first kappa shape index (κ1) is 35.4. The van der Waals surface area contributed by atoms with Gasteiger partial charge in [0.15, 0.2) is 11.5 Å². The van der Waals surface area contributed by atoms with Crippen LogP contribution < -0.4 is 28.6 Å². The Morgan fingerprint density at radius 2 is 1.57 bits per heavy atom. The number of carbonyl (C=O) groups is 2. The van der Waals surface area contributed by atoms with E-state index in [1.54, 1.807) is 56.5 Å². The van der Waals surface area contributed by atoms with Gasteiger partial charge in [0.25, 0.3) is 10.0 Å². The molecular weight excluding hydrogens is 622 g/mol. The average Bonchev–Trinajstić information content (AvgIpc) is 3.09. The van der Waals surface area contributed by atoms with E-state index in [1.165, 1.54) is 37.3 Å². The van der Waals surface area contributed by atoms with E-state index in [2.05, 4.69) is 5.32 Å². The number of ether oxygens (including phenoxy) is 4. The predicted molar refractivity (Wildman–Crippen MR) is 180 cm³/mol. The summed E-state index contributed by atoms with van der Waals surface area (Å²) in [7, 11) is 0.0956. The van der Waals surface area contributed by atoms with Crippen molar-refractivity contribution in [3.63, 3.8) is 0 Å². The molecule has 1 aliphatic carbocycles. The molecule has 1 fully saturated rings. The number of carbonyl (C=O) groups excluding carboxylic acids is 2. The van der Waals surface area contributed by atoms with Gasteiger partial charge in [0.05, 0.1) is 38.5 Å². The van der Waals surface area contributed by atoms with Crippen molar-refractivity contribution in [2.75, 3.05) is 38.8 Å². The van der Waals surface area contributed by atoms with Crippen LogP contribution in [0.3, 0.4) is 0 Å². The maximum absolute atomic E-state index is 14.3. The molecule has 0 heterocycles. The normalized spacial score (nSPS) is 14.1. The van der Waals surface area contributed by atoms with Crippen molar-refractivity contribution >= 4 is 27.5 Å². The third-order valence-corrected chi connectivity index (χ3v) is 10.0. The van der Waals surface area contributed by atoms with Gasteiger partial charge >= 0.3 is 0 Å². The van der Waals surface area contributed by atoms with Crippen LogP contribution in [-0.4, -0.2) is 71.7 Å². The van der Waals surface area contributed by atoms with Crippen molar-refractivity contribution in [2.45, 2.75) is 69.5 Å². The highest BCUT2D eigenvalue weighted by Crippen LogP contribution is 2.33. The molecule has 0 saturated heterocycles. The van der Waals surface area contributed by atoms with Gasteiger partial charge in [0.1, 0.15) is 24.1 Å². The van der Waals surface area contributed by atoms with Crippen LogP contribution in [0, 0.1) is 0 Å². The van der Waals surface area contributed by atoms with E-state index in [1.807, 2.05) is 13.0 Å². The molecule has 47 heavy (non-hydrogen) atoms. The van der Waals surface area contributed by atoms with Crippen molar-refractivity contribution in [2.24, 2.45) is 0 Å². The summed E-state index contributed by atoms with van der Waals surface area (Å²) < 4.78 is 51.3. The molecule has 4 rings (SSSR count). The minimum absolute atomic E-state index is 0.0401. The third kappa shape index (κ3) is 8.88. The second kappa shape index (κ2) is 16.4. The minimum Gasteiger partial charge on any atom is -0.497 e. The van der Waals surface area contributed by atoms with Gasteiger partial charge in [-0.3, -0.25) is 13.9 Å². The first-order valence-electron chi connectivity index (χ1n) is 15.8. The van der Waals surface area contributed by atoms with E-state index in [0.29, 0.717) is 23.9 Å². The minimum atomic E-state index is -4.33. The van der Waals surface area contributed by atoms with Gasteiger partial charge in [0, 0.05) is 18.7 Å². The molecule has 0 radical (unpaired) electrons. The van der Waals surface area contributed by atoms with Gasteiger partial charge in [-0.2, -0.15) is 0 Å². The Hall–Kier alpha value is -4.45. The van der Waals surface area contributed by atoms with Crippen molar-refractivity contribution in [3.05, 3.63) is 72.3 Å². The number of hydrogen-bond donors (Lipinski definition) is 1. The van der Waals surface area contributed by atoms with Gasteiger partial charge < -0.3 is 29.2 Å². The molecular formula is C35H45N3O8S. The number of methoxy groups -OCH3 is 3. The summed E-state index contributed by atoms with van der Waals surface area (Å²) in [5.41, 5.74) is 0.975. The van der Waals surface area contributed by atoms with E-state index in [9.17, 15) is 18.0 Å². The summed E-state index contributed by atoms with van der Waals surface area (Å²) in [4.78, 5) is 29.2. The number of rotatable bonds is 15. The highest BCUT2D eigenvalue weighted by atomic mass is 32.2. The van der Waals surface area contributed by atoms with E-state index in [4.69, 9.17) is 18.9 Å². The quantitative estimate of drug-likeness (QED) is 0.236. The van der Waals surface area contributed by atoms with E-state index >= 15 is 0 Å². The number of hydrogen-bond acceptors (Lipinski definition) is 8. The SMILES string of the molecule is CCOc1ccc(N(CC(=O)N(Cc2cccc(OC)c2)[C@@H](C)C(=O)NC2CCCCC2)S(=O)(=O)c2ccc(OC)c(OC)c2)cc1. The van der Waals surface area contributed by atoms with Crippen LogP contribution in [0.1, 0.15) is 51.5 Å². The van der Waals surface area contributed by atoms with Crippen LogP contribution in [0.15, 0.2) is 71.6 Å². The summed E-state index contributed by atoms with van der Waals surface area (Å²) in [5, 5.41) is 3.12. The fourth-order valence-corrected chi connectivity index (χ4v) is 7.06. The molecule has 1 atom stereocenters. The van der Waals surface area contributed by atoms with E-state index in [0.717, 1.165) is 42.0 Å². The summed E-state index contributed by atoms with van der Waals surface area (Å²) >= 11 is 0. The average molecular weight is 668 g/mol. The molecule has 1 saturated carbocycles. The molecule has 0 aromatic heterocycles. The van der Waals surface area contributed by atoms with Crippen LogP contribution in [0.4, 0.5) is 5.69 Å². The van der Waals surface area contributed by atoms with Crippen LogP contribution in [0.25, 0.3) is 0 Å². The molecule has 0 unspecified atom stereocenters. The molecule has 1 aliphatic rings. The van der Waals surface area contributed by atoms with Crippen LogP contribution in [0.5, 0.6) is 23.0 Å². The lowest BCUT2D eigenvalue weighted by Gasteiger charge is -2.33. The molecule has 11 nitrogen and oxygen atoms in total. The third-order valence-electron chi connectivity index (χ3n) is 8.26. The van der Waals surface area contributed by atoms with Gasteiger partial charge in [-0.05, 0) is 80.8 Å². The zero-order valence-corrected chi connectivity index (χ0v) is 28.5. The Kier molecular flexibility index (Phi) is 12.4. The smallest absolute Gasteiger partial charge is 0.264 e. The maximum Gasteiger partial charge on any atom is 0.264 e. The fourth-order valence-electron chi connectivity index (χ4n) is 5.63. The topological polar surface area (TPSA) is 124 Å². The zero-order valence-electron chi connectivity index (χ0n) is 27.7. The Bertz CT molecular complexity index is 1610. The molecule has 254 valence electrons. The molecule has 12 heteroatoms. The first-order valence-corrected chi connectivity index (χ1v) is 17.3. The summed E-state index contributed by atoms with van der Waals surface area (Å²) in [6.07, 6.45) is 4.99. The highest BCUT2D eigenvalue weighted by Gasteiger charge is 2.34. The highest BCUT2D eigenvalue weighted by molar-refractivity contribution is 7.92. The maximum atomic E-state index is 14.3. The van der Waals surface area contributed by atoms with Crippen molar-refractivity contribution < 1.29 is 37.0 Å². The molecule has 1 N–H and O–H groups in total. The number of nitrogens with one attached hydrogen (secondary N) is 1. The largest absolute Gasteiger partial charge is 0.497 e. The second-order valence-corrected chi connectivity index (χ2v) is 13.2. The molecule has 0 aliphatic heterocycles. The predicted octanol–water partition coefficient (Wildman–Crippen LogP) is 5.17. The molecule has 0 bridgehead atoms. The zero-order chi connectivity index (χ0) is 34.0. The molecule has 0 spiro atoms. The van der Waals surface area contributed by atoms with Crippen molar-refractivity contribution in [1.82, 2.24) is 10.2 Å². The van der Waals surface area contributed by atoms with Crippen LogP contribution in [0.2, 0.25) is 0 Å². The van der Waals surface area contributed by atoms with Crippen LogP contribution >= 0.6 is 0 Å². The molecule has 3 aromatic rings. The number of anilines is 1. The second-order valence-electron chi connectivity index (χ2n) is 11.3. The fraction of sp³-hybridized carbons (Fsp3) is 0.429. The number of nitrogens with zero attached hydrogens (tertiary/aromatic N) is 2. The van der Waals surface area contributed by atoms with Crippen molar-refractivity contribution in [1.29, 1.82) is 0 Å². The van der Waals surface area contributed by atoms with E-state index < -0.39 is 28.5 Å². The standard InChI is InChI=1S/C35H45N3O8S/c1-6-46-29-17-15-28(16-18-29)38(47(41,42)31-19-20-32(44-4)33(22-31)45-5)24-34(39)37(23-26-11-10-14-30(21-26)43-3)25(2)35(40)36-27-12-8-7-9-13-27/h10-11,14-22,25,27H,6-9,12-13,23-24H2,1-5H3,(H,36,40)/t25-/m0/s1. The lowest BCUT2D eigenvalue weighted by molar-refractivity contribution is -0.139.